The van der Waals surface area contributed by atoms with E-state index < -0.39 is 37.3 Å². The van der Waals surface area contributed by atoms with Gasteiger partial charge in [0, 0.05) is 36.8 Å². The fourth-order valence-electron chi connectivity index (χ4n) is 2.37. The van der Waals surface area contributed by atoms with Gasteiger partial charge in [-0.25, -0.2) is 18.0 Å². The zero-order valence-corrected chi connectivity index (χ0v) is 22.0. The molecule has 14 heteroatoms. The molecule has 0 atom stereocenters. The summed E-state index contributed by atoms with van der Waals surface area (Å²) in [5.41, 5.74) is -0.525. The quantitative estimate of drug-likeness (QED) is 0.176. The molecule has 0 heterocycles. The van der Waals surface area contributed by atoms with E-state index in [4.69, 9.17) is 6.11 Å². The second-order valence-corrected chi connectivity index (χ2v) is 9.26. The number of carbonyl (C=O) groups is 2. The summed E-state index contributed by atoms with van der Waals surface area (Å²) >= 11 is 1.34. The highest BCUT2D eigenvalue weighted by molar-refractivity contribution is 7.98. The largest absolute Gasteiger partial charge is 0.462 e. The molecule has 0 bridgehead atoms. The van der Waals surface area contributed by atoms with Crippen molar-refractivity contribution in [3.05, 3.63) is 67.8 Å². The van der Waals surface area contributed by atoms with Gasteiger partial charge in [0.15, 0.2) is 9.84 Å². The van der Waals surface area contributed by atoms with E-state index in [-0.39, 0.29) is 42.4 Å². The number of nitrogens with zero attached hydrogens (tertiary/aromatic N) is 2. The first-order chi connectivity index (χ1) is 17.2. The zero-order chi connectivity index (χ0) is 28.8. The molecule has 0 saturated heterocycles. The molecule has 0 radical (unpaired) electrons. The summed E-state index contributed by atoms with van der Waals surface area (Å²) in [5, 5.41) is 21.3. The van der Waals surface area contributed by atoms with Crippen LogP contribution in [0.2, 0.25) is 0 Å². The molecule has 0 aliphatic rings. The maximum Gasteiger partial charge on any atom is 0.338 e. The van der Waals surface area contributed by atoms with Crippen molar-refractivity contribution in [2.45, 2.75) is 44.9 Å². The van der Waals surface area contributed by atoms with Crippen LogP contribution in [0.3, 0.4) is 0 Å². The number of hydrogen-bond donors (Lipinski definition) is 0. The number of ether oxygens (including phenoxy) is 2. The Labute approximate surface area is 222 Å². The molecule has 0 spiro atoms. The molecule has 0 aliphatic heterocycles. The number of thioether (sulfide) groups is 1. The predicted molar refractivity (Wildman–Crippen MR) is 141 cm³/mol. The van der Waals surface area contributed by atoms with Gasteiger partial charge < -0.3 is 9.47 Å². The molecule has 0 aromatic heterocycles. The monoisotopic (exact) mass is 561 g/mol. The first kappa shape index (κ1) is 33.5. The molecule has 0 saturated carbocycles. The van der Waals surface area contributed by atoms with Gasteiger partial charge in [0.2, 0.25) is 0 Å². The highest BCUT2D eigenvalue weighted by Crippen LogP contribution is 2.24. The van der Waals surface area contributed by atoms with E-state index in [1.165, 1.54) is 23.9 Å². The highest BCUT2D eigenvalue weighted by atomic mass is 32.2. The number of sulfone groups is 1. The molecular formula is C23H32N2O10S2. The van der Waals surface area contributed by atoms with Crippen LogP contribution in [0.15, 0.2) is 46.2 Å². The summed E-state index contributed by atoms with van der Waals surface area (Å²) < 4.78 is 38.4. The van der Waals surface area contributed by atoms with Crippen LogP contribution in [0.4, 0.5) is 11.4 Å². The van der Waals surface area contributed by atoms with Crippen LogP contribution in [0.1, 0.15) is 57.2 Å². The number of nitro groups is 2. The van der Waals surface area contributed by atoms with Gasteiger partial charge in [-0.05, 0) is 32.2 Å². The third-order valence-electron chi connectivity index (χ3n) is 3.89. The molecule has 206 valence electrons. The SMILES string of the molecule is C.CCOC(=O)c1cc(SC)cc([N+](=O)[O-])c1.CCOC(=O)c1cc([N+](=O)[O-])cc(S(C)(=O)=O)c1.[2H]CC. The standard InChI is InChI=1S/C10H11NO6S.C10H11NO4S.C2H6.CH4/c1-3-17-10(12)7-4-8(11(13)14)6-9(5-7)18(2,15)16;1-3-15-10(12)7-4-8(11(13)14)6-9(5-7)16-2;1-2;/h4-6H,3H2,1-2H3;4-6H,3H2,1-2H3;1-2H3;1H4/i;;1D;. The Kier molecular flexibility index (Phi) is 15.4. The van der Waals surface area contributed by atoms with Crippen LogP contribution in [0.5, 0.6) is 0 Å². The molecule has 2 rings (SSSR count). The number of esters is 2. The molecule has 2 aromatic rings. The first-order valence-corrected chi connectivity index (χ1v) is 13.3. The van der Waals surface area contributed by atoms with Gasteiger partial charge in [-0.3, -0.25) is 20.2 Å². The number of benzene rings is 2. The summed E-state index contributed by atoms with van der Waals surface area (Å²) in [6.45, 7) is 5.89. The lowest BCUT2D eigenvalue weighted by Crippen LogP contribution is -2.08. The Balaban J connectivity index is 0. The van der Waals surface area contributed by atoms with Gasteiger partial charge in [0.1, 0.15) is 0 Å². The number of rotatable bonds is 8. The molecule has 37 heavy (non-hydrogen) atoms. The Morgan fingerprint density at radius 3 is 1.68 bits per heavy atom. The van der Waals surface area contributed by atoms with Crippen molar-refractivity contribution in [3.8, 4) is 0 Å². The van der Waals surface area contributed by atoms with Gasteiger partial charge in [-0.1, -0.05) is 21.3 Å². The third-order valence-corrected chi connectivity index (χ3v) is 5.69. The van der Waals surface area contributed by atoms with Crippen LogP contribution < -0.4 is 0 Å². The highest BCUT2D eigenvalue weighted by Gasteiger charge is 2.19. The summed E-state index contributed by atoms with van der Waals surface area (Å²) in [7, 11) is -3.64. The Hall–Kier alpha value is -3.52. The summed E-state index contributed by atoms with van der Waals surface area (Å²) in [6, 6.07) is 7.16. The molecule has 0 aliphatic carbocycles. The lowest BCUT2D eigenvalue weighted by molar-refractivity contribution is -0.385. The van der Waals surface area contributed by atoms with Gasteiger partial charge >= 0.3 is 11.9 Å². The number of carbonyl (C=O) groups excluding carboxylic acids is 2. The van der Waals surface area contributed by atoms with Crippen LogP contribution >= 0.6 is 11.8 Å². The minimum absolute atomic E-state index is 0. The van der Waals surface area contributed by atoms with Crippen molar-refractivity contribution in [1.29, 1.82) is 0 Å². The molecule has 0 N–H and O–H groups in total. The Bertz CT molecular complexity index is 1220. The third kappa shape index (κ3) is 11.8. The maximum atomic E-state index is 11.5. The van der Waals surface area contributed by atoms with Crippen LogP contribution in [-0.4, -0.2) is 55.9 Å². The molecule has 2 aromatic carbocycles. The lowest BCUT2D eigenvalue weighted by Gasteiger charge is -2.04. The number of non-ortho nitro benzene ring substituents is 2. The maximum absolute atomic E-state index is 11.5. The molecular weight excluding hydrogens is 528 g/mol. The van der Waals surface area contributed by atoms with Crippen molar-refractivity contribution >= 4 is 44.9 Å². The van der Waals surface area contributed by atoms with Gasteiger partial charge in [-0.15, -0.1) is 11.8 Å². The van der Waals surface area contributed by atoms with Crippen molar-refractivity contribution in [1.82, 2.24) is 0 Å². The van der Waals surface area contributed by atoms with Gasteiger partial charge in [-0.2, -0.15) is 0 Å². The fourth-order valence-corrected chi connectivity index (χ4v) is 3.53. The summed E-state index contributed by atoms with van der Waals surface area (Å²) in [4.78, 5) is 43.3. The first-order valence-electron chi connectivity index (χ1n) is 10.9. The average Bonchev–Trinajstić information content (AvgIpc) is 2.84. The van der Waals surface area contributed by atoms with Crippen molar-refractivity contribution < 1.29 is 38.7 Å². The topological polar surface area (TPSA) is 173 Å². The minimum Gasteiger partial charge on any atom is -0.462 e. The van der Waals surface area contributed by atoms with Crippen molar-refractivity contribution in [2.75, 3.05) is 25.7 Å². The minimum atomic E-state index is -3.64. The normalized spacial score (nSPS) is 10.1. The lowest BCUT2D eigenvalue weighted by atomic mass is 10.2. The van der Waals surface area contributed by atoms with E-state index in [0.29, 0.717) is 11.8 Å². The second-order valence-electron chi connectivity index (χ2n) is 6.36. The predicted octanol–water partition coefficient (Wildman–Crippen LogP) is 5.33. The Morgan fingerprint density at radius 1 is 0.919 bits per heavy atom. The zero-order valence-electron chi connectivity index (χ0n) is 21.4. The van der Waals surface area contributed by atoms with E-state index in [1.807, 2.05) is 0 Å². The van der Waals surface area contributed by atoms with Gasteiger partial charge in [0.25, 0.3) is 11.4 Å². The molecule has 12 nitrogen and oxygen atoms in total. The van der Waals surface area contributed by atoms with E-state index in [2.05, 4.69) is 4.74 Å². The second kappa shape index (κ2) is 17.0. The van der Waals surface area contributed by atoms with E-state index in [0.717, 1.165) is 24.5 Å². The summed E-state index contributed by atoms with van der Waals surface area (Å²) in [5.74, 6) is -1.34. The van der Waals surface area contributed by atoms with Crippen molar-refractivity contribution in [2.24, 2.45) is 0 Å². The molecule has 0 amide bonds. The van der Waals surface area contributed by atoms with Crippen LogP contribution in [0.25, 0.3) is 0 Å². The Morgan fingerprint density at radius 2 is 1.32 bits per heavy atom. The van der Waals surface area contributed by atoms with Gasteiger partial charge in [0.05, 0.1) is 39.1 Å². The average molecular weight is 562 g/mol. The summed E-state index contributed by atoms with van der Waals surface area (Å²) in [6.07, 6.45) is 2.69. The number of nitro benzene ring substituents is 2. The van der Waals surface area contributed by atoms with Crippen LogP contribution in [0, 0.1) is 20.2 Å². The fraction of sp³-hybridized carbons (Fsp3) is 0.391. The smallest absolute Gasteiger partial charge is 0.338 e. The van der Waals surface area contributed by atoms with E-state index in [9.17, 15) is 38.2 Å². The van der Waals surface area contributed by atoms with E-state index >= 15 is 0 Å². The number of hydrogen-bond acceptors (Lipinski definition) is 11. The van der Waals surface area contributed by atoms with Crippen LogP contribution in [-0.2, 0) is 19.3 Å². The molecule has 0 unspecified atom stereocenters. The molecule has 0 fully saturated rings. The van der Waals surface area contributed by atoms with E-state index in [1.54, 1.807) is 33.1 Å². The van der Waals surface area contributed by atoms with Crippen molar-refractivity contribution in [3.63, 3.8) is 0 Å².